The third kappa shape index (κ3) is 2.91. The average molecular weight is 267 g/mol. The number of hydrogen-bond donors (Lipinski definition) is 1. The fourth-order valence-electron chi connectivity index (χ4n) is 1.47. The largest absolute Gasteiger partial charge is 0.386 e. The Morgan fingerprint density at radius 2 is 2.17 bits per heavy atom. The minimum Gasteiger partial charge on any atom is -0.386 e. The van der Waals surface area contributed by atoms with Gasteiger partial charge in [0.15, 0.2) is 5.82 Å². The number of aromatic nitrogens is 5. The second-order valence-electron chi connectivity index (χ2n) is 5.24. The summed E-state index contributed by atoms with van der Waals surface area (Å²) >= 11 is 1.57. The highest BCUT2D eigenvalue weighted by molar-refractivity contribution is 7.09. The molecule has 0 aliphatic carbocycles. The maximum Gasteiger partial charge on any atom is 0.177 e. The molecule has 0 aromatic carbocycles. The summed E-state index contributed by atoms with van der Waals surface area (Å²) in [6.07, 6.45) is -0.345. The van der Waals surface area contributed by atoms with Crippen molar-refractivity contribution in [2.45, 2.75) is 38.7 Å². The van der Waals surface area contributed by atoms with Crippen LogP contribution >= 0.6 is 11.3 Å². The van der Waals surface area contributed by atoms with Crippen LogP contribution in [0.15, 0.2) is 5.38 Å². The van der Waals surface area contributed by atoms with E-state index in [0.717, 1.165) is 5.01 Å². The topological polar surface area (TPSA) is 76.7 Å². The van der Waals surface area contributed by atoms with E-state index in [9.17, 15) is 5.11 Å². The van der Waals surface area contributed by atoms with Crippen molar-refractivity contribution >= 4 is 11.3 Å². The Kier molecular flexibility index (Phi) is 3.45. The quantitative estimate of drug-likeness (QED) is 0.905. The van der Waals surface area contributed by atoms with E-state index in [0.29, 0.717) is 17.9 Å². The summed E-state index contributed by atoms with van der Waals surface area (Å²) in [7, 11) is 1.70. The van der Waals surface area contributed by atoms with E-state index in [-0.39, 0.29) is 5.41 Å². The summed E-state index contributed by atoms with van der Waals surface area (Å²) in [6.45, 7) is 6.31. The van der Waals surface area contributed by atoms with Crippen molar-refractivity contribution in [1.29, 1.82) is 0 Å². The zero-order valence-corrected chi connectivity index (χ0v) is 11.8. The van der Waals surface area contributed by atoms with Gasteiger partial charge in [-0.1, -0.05) is 20.8 Å². The van der Waals surface area contributed by atoms with E-state index in [4.69, 9.17) is 0 Å². The van der Waals surface area contributed by atoms with Crippen LogP contribution in [0.25, 0.3) is 0 Å². The normalized spacial score (nSPS) is 13.8. The molecule has 1 atom stereocenters. The van der Waals surface area contributed by atoms with Gasteiger partial charge in [0, 0.05) is 17.2 Å². The molecule has 0 aliphatic rings. The molecule has 0 saturated heterocycles. The molecule has 18 heavy (non-hydrogen) atoms. The summed E-state index contributed by atoms with van der Waals surface area (Å²) in [4.78, 5) is 5.85. The number of aryl methyl sites for hydroxylation is 1. The molecule has 0 fully saturated rings. The van der Waals surface area contributed by atoms with Gasteiger partial charge in [-0.05, 0) is 5.21 Å². The Balaban J connectivity index is 2.09. The van der Waals surface area contributed by atoms with Gasteiger partial charge in [0.25, 0.3) is 0 Å². The number of aliphatic hydroxyl groups excluding tert-OH is 1. The standard InChI is InChI=1S/C11H17N5OS/c1-11(2,3)10-12-7(6-18-10)8(17)5-9-13-15-16(4)14-9/h6,8,17H,5H2,1-4H3. The van der Waals surface area contributed by atoms with Gasteiger partial charge in [-0.2, -0.15) is 4.80 Å². The second kappa shape index (κ2) is 4.74. The van der Waals surface area contributed by atoms with Gasteiger partial charge in [-0.3, -0.25) is 0 Å². The van der Waals surface area contributed by atoms with E-state index < -0.39 is 6.10 Å². The number of thiazole rings is 1. The van der Waals surface area contributed by atoms with Gasteiger partial charge in [0.05, 0.1) is 17.7 Å². The predicted octanol–water partition coefficient (Wildman–Crippen LogP) is 1.24. The molecule has 1 unspecified atom stereocenters. The van der Waals surface area contributed by atoms with Crippen LogP contribution in [-0.4, -0.2) is 30.3 Å². The molecule has 1 N–H and O–H groups in total. The minimum atomic E-state index is -0.679. The van der Waals surface area contributed by atoms with Crippen molar-refractivity contribution in [2.75, 3.05) is 0 Å². The van der Waals surface area contributed by atoms with Crippen LogP contribution < -0.4 is 0 Å². The van der Waals surface area contributed by atoms with E-state index >= 15 is 0 Å². The highest BCUT2D eigenvalue weighted by Crippen LogP contribution is 2.28. The predicted molar refractivity (Wildman–Crippen MR) is 68.3 cm³/mol. The third-order valence-electron chi connectivity index (χ3n) is 2.43. The van der Waals surface area contributed by atoms with Crippen molar-refractivity contribution in [2.24, 2.45) is 7.05 Å². The Bertz CT molecular complexity index is 528. The molecule has 2 aromatic rings. The van der Waals surface area contributed by atoms with Gasteiger partial charge < -0.3 is 5.11 Å². The van der Waals surface area contributed by atoms with Crippen LogP contribution in [0.2, 0.25) is 0 Å². The van der Waals surface area contributed by atoms with Crippen LogP contribution in [-0.2, 0) is 18.9 Å². The van der Waals surface area contributed by atoms with Crippen molar-refractivity contribution in [3.8, 4) is 0 Å². The zero-order chi connectivity index (χ0) is 13.3. The maximum absolute atomic E-state index is 10.1. The van der Waals surface area contributed by atoms with Crippen LogP contribution in [0.1, 0.15) is 43.4 Å². The summed E-state index contributed by atoms with van der Waals surface area (Å²) in [5.41, 5.74) is 0.686. The van der Waals surface area contributed by atoms with Crippen molar-refractivity contribution < 1.29 is 5.11 Å². The Morgan fingerprint density at radius 1 is 1.44 bits per heavy atom. The van der Waals surface area contributed by atoms with Gasteiger partial charge in [0.1, 0.15) is 6.10 Å². The summed E-state index contributed by atoms with van der Waals surface area (Å²) in [5.74, 6) is 0.523. The lowest BCUT2D eigenvalue weighted by molar-refractivity contribution is 0.171. The number of nitrogens with zero attached hydrogens (tertiary/aromatic N) is 5. The number of tetrazole rings is 1. The first-order valence-corrected chi connectivity index (χ1v) is 6.61. The Hall–Kier alpha value is -1.34. The molecule has 0 aliphatic heterocycles. The average Bonchev–Trinajstić information content (AvgIpc) is 2.85. The number of hydrogen-bond acceptors (Lipinski definition) is 6. The molecule has 0 amide bonds. The lowest BCUT2D eigenvalue weighted by Gasteiger charge is -2.13. The molecule has 98 valence electrons. The molecule has 7 heteroatoms. The summed E-state index contributed by atoms with van der Waals surface area (Å²) < 4.78 is 0. The third-order valence-corrected chi connectivity index (χ3v) is 3.72. The first kappa shape index (κ1) is 13.1. The second-order valence-corrected chi connectivity index (χ2v) is 6.10. The minimum absolute atomic E-state index is 0.00738. The number of rotatable bonds is 3. The van der Waals surface area contributed by atoms with Crippen LogP contribution in [0.4, 0.5) is 0 Å². The molecule has 2 heterocycles. The molecule has 2 rings (SSSR count). The fraction of sp³-hybridized carbons (Fsp3) is 0.636. The van der Waals surface area contributed by atoms with Gasteiger partial charge in [-0.25, -0.2) is 4.98 Å². The molecule has 0 radical (unpaired) electrons. The summed E-state index contributed by atoms with van der Waals surface area (Å²) in [5, 5.41) is 24.6. The highest BCUT2D eigenvalue weighted by Gasteiger charge is 2.21. The molecule has 6 nitrogen and oxygen atoms in total. The molecular formula is C11H17N5OS. The fourth-order valence-corrected chi connectivity index (χ4v) is 2.42. The van der Waals surface area contributed by atoms with Gasteiger partial charge in [0.2, 0.25) is 0 Å². The lowest BCUT2D eigenvalue weighted by atomic mass is 9.98. The monoisotopic (exact) mass is 267 g/mol. The van der Waals surface area contributed by atoms with Crippen molar-refractivity contribution in [1.82, 2.24) is 25.2 Å². The zero-order valence-electron chi connectivity index (χ0n) is 11.0. The van der Waals surface area contributed by atoms with E-state index in [2.05, 4.69) is 41.2 Å². The highest BCUT2D eigenvalue weighted by atomic mass is 32.1. The van der Waals surface area contributed by atoms with Gasteiger partial charge in [-0.15, -0.1) is 21.5 Å². The summed E-state index contributed by atoms with van der Waals surface area (Å²) in [6, 6.07) is 0. The van der Waals surface area contributed by atoms with E-state index in [1.54, 1.807) is 18.4 Å². The first-order valence-electron chi connectivity index (χ1n) is 5.73. The van der Waals surface area contributed by atoms with E-state index in [1.165, 1.54) is 4.80 Å². The molecule has 2 aromatic heterocycles. The molecule has 0 spiro atoms. The SMILES string of the molecule is Cn1nnc(CC(O)c2csc(C(C)(C)C)n2)n1. The smallest absolute Gasteiger partial charge is 0.177 e. The molecular weight excluding hydrogens is 250 g/mol. The van der Waals surface area contributed by atoms with Crippen molar-refractivity contribution in [3.63, 3.8) is 0 Å². The Morgan fingerprint density at radius 3 is 2.67 bits per heavy atom. The van der Waals surface area contributed by atoms with Crippen LogP contribution in [0.5, 0.6) is 0 Å². The first-order chi connectivity index (χ1) is 8.36. The van der Waals surface area contributed by atoms with Crippen LogP contribution in [0.3, 0.4) is 0 Å². The molecule has 0 bridgehead atoms. The Labute approximate surface area is 110 Å². The lowest BCUT2D eigenvalue weighted by Crippen LogP contribution is -2.11. The van der Waals surface area contributed by atoms with Crippen LogP contribution in [0, 0.1) is 0 Å². The van der Waals surface area contributed by atoms with Crippen molar-refractivity contribution in [3.05, 3.63) is 21.9 Å². The van der Waals surface area contributed by atoms with E-state index in [1.807, 2.05) is 5.38 Å². The van der Waals surface area contributed by atoms with Gasteiger partial charge >= 0.3 is 0 Å². The molecule has 0 saturated carbocycles. The number of aliphatic hydroxyl groups is 1. The maximum atomic E-state index is 10.1.